The summed E-state index contributed by atoms with van der Waals surface area (Å²) in [4.78, 5) is 23.6. The van der Waals surface area contributed by atoms with Gasteiger partial charge in [0.2, 0.25) is 5.95 Å². The van der Waals surface area contributed by atoms with E-state index >= 15 is 0 Å². The highest BCUT2D eigenvalue weighted by atomic mass is 16.5. The van der Waals surface area contributed by atoms with Gasteiger partial charge in [-0.05, 0) is 43.9 Å². The lowest BCUT2D eigenvalue weighted by Crippen LogP contribution is -2.38. The molecular weight excluding hydrogens is 344 g/mol. The van der Waals surface area contributed by atoms with Gasteiger partial charge in [-0.25, -0.2) is 9.97 Å². The summed E-state index contributed by atoms with van der Waals surface area (Å²) in [6.45, 7) is 5.62. The third kappa shape index (κ3) is 4.48. The van der Waals surface area contributed by atoms with Crippen molar-refractivity contribution in [2.75, 3.05) is 32.6 Å². The number of carbonyl (C=O) groups excluding carboxylic acids is 1. The van der Waals surface area contributed by atoms with Crippen molar-refractivity contribution in [3.63, 3.8) is 0 Å². The maximum atomic E-state index is 12.9. The van der Waals surface area contributed by atoms with Crippen LogP contribution in [-0.2, 0) is 0 Å². The van der Waals surface area contributed by atoms with Crippen LogP contribution >= 0.6 is 0 Å². The number of amides is 1. The fourth-order valence-electron chi connectivity index (χ4n) is 3.14. The summed E-state index contributed by atoms with van der Waals surface area (Å²) >= 11 is 0. The molecule has 1 fully saturated rings. The Morgan fingerprint density at radius 3 is 2.56 bits per heavy atom. The number of hydrogen-bond acceptors (Lipinski definition) is 6. The Bertz CT molecular complexity index is 817. The Morgan fingerprint density at radius 2 is 1.89 bits per heavy atom. The van der Waals surface area contributed by atoms with Gasteiger partial charge in [-0.15, -0.1) is 0 Å². The van der Waals surface area contributed by atoms with Crippen LogP contribution in [0.15, 0.2) is 24.3 Å². The minimum atomic E-state index is -0.0481. The molecule has 1 saturated heterocycles. The number of aromatic nitrogens is 2. The average Bonchev–Trinajstić information content (AvgIpc) is 2.67. The van der Waals surface area contributed by atoms with Crippen molar-refractivity contribution in [2.45, 2.75) is 26.7 Å². The molecule has 0 aliphatic carbocycles. The number of nitrogens with zero attached hydrogens (tertiary/aromatic N) is 3. The van der Waals surface area contributed by atoms with Gasteiger partial charge in [-0.1, -0.05) is 6.92 Å². The molecule has 1 amide bonds. The molecule has 1 aliphatic rings. The molecule has 0 atom stereocenters. The number of rotatable bonds is 5. The van der Waals surface area contributed by atoms with Gasteiger partial charge in [0.25, 0.3) is 5.91 Å². The van der Waals surface area contributed by atoms with Gasteiger partial charge >= 0.3 is 0 Å². The molecule has 2 aromatic rings. The third-order valence-electron chi connectivity index (χ3n) is 4.80. The summed E-state index contributed by atoms with van der Waals surface area (Å²) in [6.07, 6.45) is 2.06. The molecule has 1 aromatic carbocycles. The fraction of sp³-hybridized carbons (Fsp3) is 0.450. The Labute approximate surface area is 159 Å². The average molecular weight is 370 g/mol. The van der Waals surface area contributed by atoms with Gasteiger partial charge in [0.05, 0.1) is 19.9 Å². The van der Waals surface area contributed by atoms with E-state index in [1.54, 1.807) is 32.4 Å². The second kappa shape index (κ2) is 8.24. The summed E-state index contributed by atoms with van der Waals surface area (Å²) in [5.41, 5.74) is 1.80. The lowest BCUT2D eigenvalue weighted by Gasteiger charge is -2.30. The molecule has 7 heteroatoms. The monoisotopic (exact) mass is 370 g/mol. The molecule has 0 unspecified atom stereocenters. The zero-order valence-electron chi connectivity index (χ0n) is 16.3. The SMILES string of the molecule is COc1ccc(OC)c(Nc2nc(C)cc(C(=O)N3CCC(C)CC3)n2)c1. The molecule has 7 nitrogen and oxygen atoms in total. The van der Waals surface area contributed by atoms with Crippen LogP contribution in [0.5, 0.6) is 11.5 Å². The van der Waals surface area contributed by atoms with E-state index in [-0.39, 0.29) is 5.91 Å². The summed E-state index contributed by atoms with van der Waals surface area (Å²) in [7, 11) is 3.20. The molecule has 27 heavy (non-hydrogen) atoms. The van der Waals surface area contributed by atoms with Crippen molar-refractivity contribution in [3.05, 3.63) is 35.7 Å². The van der Waals surface area contributed by atoms with Crippen LogP contribution in [0.3, 0.4) is 0 Å². The largest absolute Gasteiger partial charge is 0.497 e. The van der Waals surface area contributed by atoms with Gasteiger partial charge in [-0.2, -0.15) is 0 Å². The number of benzene rings is 1. The highest BCUT2D eigenvalue weighted by Gasteiger charge is 2.23. The predicted octanol–water partition coefficient (Wildman–Crippen LogP) is 3.42. The Hall–Kier alpha value is -2.83. The summed E-state index contributed by atoms with van der Waals surface area (Å²) < 4.78 is 10.6. The Balaban J connectivity index is 1.84. The highest BCUT2D eigenvalue weighted by molar-refractivity contribution is 5.92. The number of likely N-dealkylation sites (tertiary alicyclic amines) is 1. The number of anilines is 2. The standard InChI is InChI=1S/C20H26N4O3/c1-13-7-9-24(10-8-13)19(25)17-11-14(2)21-20(23-17)22-16-12-15(26-3)5-6-18(16)27-4/h5-6,11-13H,7-10H2,1-4H3,(H,21,22,23). The van der Waals surface area contributed by atoms with E-state index in [2.05, 4.69) is 22.2 Å². The zero-order valence-corrected chi connectivity index (χ0v) is 16.3. The van der Waals surface area contributed by atoms with Crippen LogP contribution in [0.4, 0.5) is 11.6 Å². The molecule has 0 saturated carbocycles. The number of methoxy groups -OCH3 is 2. The first-order chi connectivity index (χ1) is 13.0. The van der Waals surface area contributed by atoms with Crippen molar-refractivity contribution in [2.24, 2.45) is 5.92 Å². The normalized spacial score (nSPS) is 14.7. The Morgan fingerprint density at radius 1 is 1.15 bits per heavy atom. The highest BCUT2D eigenvalue weighted by Crippen LogP contribution is 2.30. The smallest absolute Gasteiger partial charge is 0.272 e. The number of carbonyl (C=O) groups is 1. The summed E-state index contributed by atoms with van der Waals surface area (Å²) in [6, 6.07) is 7.15. The minimum absolute atomic E-state index is 0.0481. The van der Waals surface area contributed by atoms with Crippen LogP contribution in [-0.4, -0.2) is 48.1 Å². The number of hydrogen-bond donors (Lipinski definition) is 1. The maximum Gasteiger partial charge on any atom is 0.272 e. The Kier molecular flexibility index (Phi) is 5.78. The van der Waals surface area contributed by atoms with Crippen molar-refractivity contribution >= 4 is 17.5 Å². The number of nitrogens with one attached hydrogen (secondary N) is 1. The topological polar surface area (TPSA) is 76.6 Å². The summed E-state index contributed by atoms with van der Waals surface area (Å²) in [5, 5.41) is 3.15. The first-order valence-electron chi connectivity index (χ1n) is 9.14. The van der Waals surface area contributed by atoms with E-state index in [4.69, 9.17) is 9.47 Å². The first kappa shape index (κ1) is 18.9. The molecule has 1 N–H and O–H groups in total. The molecule has 0 radical (unpaired) electrons. The molecule has 144 valence electrons. The maximum absolute atomic E-state index is 12.9. The van der Waals surface area contributed by atoms with Crippen LogP contribution in [0.2, 0.25) is 0 Å². The molecule has 1 aromatic heterocycles. The second-order valence-corrected chi connectivity index (χ2v) is 6.88. The van der Waals surface area contributed by atoms with E-state index in [0.29, 0.717) is 34.7 Å². The molecule has 0 bridgehead atoms. The van der Waals surface area contributed by atoms with Crippen molar-refractivity contribution in [3.8, 4) is 11.5 Å². The molecule has 0 spiro atoms. The molecule has 3 rings (SSSR count). The van der Waals surface area contributed by atoms with Gasteiger partial charge in [0.15, 0.2) is 0 Å². The minimum Gasteiger partial charge on any atom is -0.497 e. The van der Waals surface area contributed by atoms with Gasteiger partial charge in [0.1, 0.15) is 17.2 Å². The van der Waals surface area contributed by atoms with Crippen LogP contribution in [0, 0.1) is 12.8 Å². The molecule has 1 aliphatic heterocycles. The van der Waals surface area contributed by atoms with Crippen LogP contribution in [0.1, 0.15) is 35.9 Å². The van der Waals surface area contributed by atoms with E-state index in [9.17, 15) is 4.79 Å². The van der Waals surface area contributed by atoms with Crippen LogP contribution in [0.25, 0.3) is 0 Å². The quantitative estimate of drug-likeness (QED) is 0.869. The van der Waals surface area contributed by atoms with E-state index in [1.807, 2.05) is 17.9 Å². The van der Waals surface area contributed by atoms with Crippen molar-refractivity contribution in [1.29, 1.82) is 0 Å². The van der Waals surface area contributed by atoms with Gasteiger partial charge in [-0.3, -0.25) is 4.79 Å². The van der Waals surface area contributed by atoms with E-state index < -0.39 is 0 Å². The van der Waals surface area contributed by atoms with Gasteiger partial charge in [0, 0.05) is 24.8 Å². The van der Waals surface area contributed by atoms with Crippen molar-refractivity contribution < 1.29 is 14.3 Å². The van der Waals surface area contributed by atoms with E-state index in [0.717, 1.165) is 31.6 Å². The lowest BCUT2D eigenvalue weighted by molar-refractivity contribution is 0.0691. The van der Waals surface area contributed by atoms with Gasteiger partial charge < -0.3 is 19.7 Å². The summed E-state index contributed by atoms with van der Waals surface area (Å²) in [5.74, 6) is 2.30. The van der Waals surface area contributed by atoms with Crippen molar-refractivity contribution in [1.82, 2.24) is 14.9 Å². The first-order valence-corrected chi connectivity index (χ1v) is 9.14. The second-order valence-electron chi connectivity index (χ2n) is 6.88. The zero-order chi connectivity index (χ0) is 19.4. The molecule has 2 heterocycles. The van der Waals surface area contributed by atoms with Crippen LogP contribution < -0.4 is 14.8 Å². The molecular formula is C20H26N4O3. The van der Waals surface area contributed by atoms with E-state index in [1.165, 1.54) is 0 Å². The number of ether oxygens (including phenoxy) is 2. The number of piperidine rings is 1. The lowest BCUT2D eigenvalue weighted by atomic mass is 9.99. The third-order valence-corrected chi connectivity index (χ3v) is 4.80. The fourth-order valence-corrected chi connectivity index (χ4v) is 3.14. The number of aryl methyl sites for hydroxylation is 1. The predicted molar refractivity (Wildman–Crippen MR) is 104 cm³/mol.